The van der Waals surface area contributed by atoms with E-state index in [4.69, 9.17) is 0 Å². The van der Waals surface area contributed by atoms with Crippen molar-refractivity contribution in [2.75, 3.05) is 13.1 Å². The molecule has 0 aliphatic carbocycles. The molecule has 0 radical (unpaired) electrons. The number of hydrogen-bond donors (Lipinski definition) is 1. The highest BCUT2D eigenvalue weighted by Gasteiger charge is 2.47. The quantitative estimate of drug-likeness (QED) is 0.882. The number of hydrogen-bond acceptors (Lipinski definition) is 3. The second-order valence-corrected chi connectivity index (χ2v) is 8.13. The van der Waals surface area contributed by atoms with E-state index in [0.717, 1.165) is 12.1 Å². The van der Waals surface area contributed by atoms with Gasteiger partial charge in [-0.1, -0.05) is 32.0 Å². The fourth-order valence-electron chi connectivity index (χ4n) is 3.55. The van der Waals surface area contributed by atoms with Crippen LogP contribution in [0, 0.1) is 11.2 Å². The molecule has 0 unspecified atom stereocenters. The number of carbonyl (C=O) groups is 1. The van der Waals surface area contributed by atoms with Gasteiger partial charge in [-0.05, 0) is 41.5 Å². The maximum absolute atomic E-state index is 13.0. The van der Waals surface area contributed by atoms with Crippen LogP contribution in [0.4, 0.5) is 4.39 Å². The number of thiophene rings is 1. The van der Waals surface area contributed by atoms with Gasteiger partial charge in [0.15, 0.2) is 0 Å². The van der Waals surface area contributed by atoms with Crippen LogP contribution in [0.5, 0.6) is 0 Å². The zero-order valence-electron chi connectivity index (χ0n) is 14.3. The van der Waals surface area contributed by atoms with Gasteiger partial charge in [-0.3, -0.25) is 9.69 Å². The van der Waals surface area contributed by atoms with Crippen molar-refractivity contribution >= 4 is 17.2 Å². The molecule has 0 saturated carbocycles. The van der Waals surface area contributed by atoms with Gasteiger partial charge in [-0.25, -0.2) is 4.39 Å². The summed E-state index contributed by atoms with van der Waals surface area (Å²) in [5.74, 6) is -0.261. The summed E-state index contributed by atoms with van der Waals surface area (Å²) >= 11 is 1.74. The first-order valence-electron chi connectivity index (χ1n) is 8.19. The number of benzene rings is 1. The van der Waals surface area contributed by atoms with Gasteiger partial charge < -0.3 is 5.32 Å². The van der Waals surface area contributed by atoms with Gasteiger partial charge in [0.05, 0.1) is 18.6 Å². The highest BCUT2D eigenvalue weighted by atomic mass is 32.1. The first-order valence-corrected chi connectivity index (χ1v) is 9.07. The Balaban J connectivity index is 1.60. The number of likely N-dealkylation sites (tertiary alicyclic amines) is 1. The largest absolute Gasteiger partial charge is 0.348 e. The number of nitrogens with one attached hydrogen (secondary N) is 1. The molecule has 1 aliphatic heterocycles. The summed E-state index contributed by atoms with van der Waals surface area (Å²) < 4.78 is 13.0. The summed E-state index contributed by atoms with van der Waals surface area (Å²) in [6, 6.07) is 10.6. The van der Waals surface area contributed by atoms with Crippen LogP contribution in [-0.4, -0.2) is 23.9 Å². The molecule has 1 aliphatic rings. The lowest BCUT2D eigenvalue weighted by Crippen LogP contribution is -2.57. The van der Waals surface area contributed by atoms with Gasteiger partial charge in [0.2, 0.25) is 5.91 Å². The molecule has 3 nitrogen and oxygen atoms in total. The predicted molar refractivity (Wildman–Crippen MR) is 95.4 cm³/mol. The van der Waals surface area contributed by atoms with Gasteiger partial charge in [0, 0.05) is 11.4 Å². The Hall–Kier alpha value is -1.72. The van der Waals surface area contributed by atoms with Crippen molar-refractivity contribution < 1.29 is 9.18 Å². The van der Waals surface area contributed by atoms with Crippen LogP contribution in [0.15, 0.2) is 41.8 Å². The van der Waals surface area contributed by atoms with Gasteiger partial charge in [0.25, 0.3) is 0 Å². The van der Waals surface area contributed by atoms with Gasteiger partial charge in [0.1, 0.15) is 5.82 Å². The zero-order chi connectivity index (χ0) is 17.3. The summed E-state index contributed by atoms with van der Waals surface area (Å²) in [7, 11) is 0. The third kappa shape index (κ3) is 3.52. The molecule has 1 aromatic carbocycles. The Morgan fingerprint density at radius 3 is 2.67 bits per heavy atom. The lowest BCUT2D eigenvalue weighted by molar-refractivity contribution is -0.130. The van der Waals surface area contributed by atoms with E-state index in [2.05, 4.69) is 41.6 Å². The van der Waals surface area contributed by atoms with Gasteiger partial charge >= 0.3 is 0 Å². The normalized spacial score (nSPS) is 21.1. The topological polar surface area (TPSA) is 32.3 Å². The second-order valence-electron chi connectivity index (χ2n) is 7.15. The van der Waals surface area contributed by atoms with Crippen molar-refractivity contribution in [2.24, 2.45) is 5.41 Å². The number of amides is 1. The van der Waals surface area contributed by atoms with E-state index in [-0.39, 0.29) is 23.2 Å². The van der Waals surface area contributed by atoms with Gasteiger partial charge in [-0.2, -0.15) is 0 Å². The molecule has 2 heterocycles. The Bertz CT molecular complexity index is 697. The van der Waals surface area contributed by atoms with E-state index >= 15 is 0 Å². The molecule has 2 atom stereocenters. The van der Waals surface area contributed by atoms with Crippen LogP contribution < -0.4 is 5.32 Å². The van der Waals surface area contributed by atoms with Crippen LogP contribution in [0.2, 0.25) is 0 Å². The maximum atomic E-state index is 13.0. The number of nitrogens with zero attached hydrogens (tertiary/aromatic N) is 1. The molecule has 0 bridgehead atoms. The summed E-state index contributed by atoms with van der Waals surface area (Å²) in [5, 5.41) is 5.09. The van der Waals surface area contributed by atoms with Crippen LogP contribution in [0.25, 0.3) is 0 Å². The fourth-order valence-corrected chi connectivity index (χ4v) is 4.62. The Morgan fingerprint density at radius 1 is 1.38 bits per heavy atom. The van der Waals surface area contributed by atoms with Crippen LogP contribution in [0.1, 0.15) is 43.3 Å². The third-order valence-electron chi connectivity index (χ3n) is 4.62. The molecule has 5 heteroatoms. The first-order chi connectivity index (χ1) is 11.4. The van der Waals surface area contributed by atoms with Crippen molar-refractivity contribution in [3.63, 3.8) is 0 Å². The predicted octanol–water partition coefficient (Wildman–Crippen LogP) is 4.15. The first kappa shape index (κ1) is 17.1. The molecule has 3 rings (SSSR count). The van der Waals surface area contributed by atoms with E-state index in [1.807, 2.05) is 6.92 Å². The van der Waals surface area contributed by atoms with Crippen molar-refractivity contribution in [3.05, 3.63) is 58.0 Å². The summed E-state index contributed by atoms with van der Waals surface area (Å²) in [6.07, 6.45) is 0. The molecule has 1 amide bonds. The average Bonchev–Trinajstić information content (AvgIpc) is 2.99. The van der Waals surface area contributed by atoms with E-state index in [9.17, 15) is 9.18 Å². The zero-order valence-corrected chi connectivity index (χ0v) is 15.1. The molecule has 1 fully saturated rings. The molecule has 1 N–H and O–H groups in total. The number of carbonyl (C=O) groups excluding carboxylic acids is 1. The third-order valence-corrected chi connectivity index (χ3v) is 5.55. The minimum absolute atomic E-state index is 0.00359. The van der Waals surface area contributed by atoms with Crippen molar-refractivity contribution in [1.82, 2.24) is 10.2 Å². The number of rotatable bonds is 5. The molecule has 24 heavy (non-hydrogen) atoms. The Morgan fingerprint density at radius 2 is 2.08 bits per heavy atom. The SMILES string of the molecule is C[C@H](NC(=O)CN1CC(C)(C)[C@@H]1c1cccs1)c1ccc(F)cc1. The molecule has 2 aromatic rings. The minimum Gasteiger partial charge on any atom is -0.348 e. The van der Waals surface area contributed by atoms with Crippen molar-refractivity contribution in [1.29, 1.82) is 0 Å². The molecule has 1 saturated heterocycles. The highest BCUT2D eigenvalue weighted by Crippen LogP contribution is 2.49. The standard InChI is InChI=1S/C19H23FN2OS/c1-13(14-6-8-15(20)9-7-14)21-17(23)11-22-12-19(2,3)18(22)16-5-4-10-24-16/h4-10,13,18H,11-12H2,1-3H3,(H,21,23)/t13-,18-/m0/s1. The fraction of sp³-hybridized carbons (Fsp3) is 0.421. The van der Waals surface area contributed by atoms with Crippen LogP contribution >= 0.6 is 11.3 Å². The van der Waals surface area contributed by atoms with Crippen LogP contribution in [-0.2, 0) is 4.79 Å². The lowest BCUT2D eigenvalue weighted by atomic mass is 9.74. The average molecular weight is 346 g/mol. The molecular formula is C19H23FN2OS. The van der Waals surface area contributed by atoms with Gasteiger partial charge in [-0.15, -0.1) is 11.3 Å². The number of halogens is 1. The van der Waals surface area contributed by atoms with Crippen molar-refractivity contribution in [3.8, 4) is 0 Å². The maximum Gasteiger partial charge on any atom is 0.234 e. The Labute approximate surface area is 146 Å². The summed E-state index contributed by atoms with van der Waals surface area (Å²) in [4.78, 5) is 15.9. The smallest absolute Gasteiger partial charge is 0.234 e. The summed E-state index contributed by atoms with van der Waals surface area (Å²) in [6.45, 7) is 7.70. The Kier molecular flexibility index (Phi) is 4.74. The second kappa shape index (κ2) is 6.65. The van der Waals surface area contributed by atoms with E-state index in [1.54, 1.807) is 23.5 Å². The summed E-state index contributed by atoms with van der Waals surface area (Å²) in [5.41, 5.74) is 1.09. The van der Waals surface area contributed by atoms with E-state index in [1.165, 1.54) is 17.0 Å². The monoisotopic (exact) mass is 346 g/mol. The van der Waals surface area contributed by atoms with Crippen LogP contribution in [0.3, 0.4) is 0 Å². The molecule has 1 aromatic heterocycles. The molecule has 0 spiro atoms. The molecular weight excluding hydrogens is 323 g/mol. The molecule has 128 valence electrons. The highest BCUT2D eigenvalue weighted by molar-refractivity contribution is 7.10. The lowest BCUT2D eigenvalue weighted by Gasteiger charge is -2.53. The van der Waals surface area contributed by atoms with Crippen molar-refractivity contribution in [2.45, 2.75) is 32.9 Å². The van der Waals surface area contributed by atoms with E-state index < -0.39 is 0 Å². The minimum atomic E-state index is -0.265. The van der Waals surface area contributed by atoms with E-state index in [0.29, 0.717) is 12.6 Å².